The monoisotopic (exact) mass is 246 g/mol. The van der Waals surface area contributed by atoms with Crippen LogP contribution in [-0.2, 0) is 13.0 Å². The van der Waals surface area contributed by atoms with E-state index in [0.29, 0.717) is 6.04 Å². The zero-order valence-corrected chi connectivity index (χ0v) is 10.5. The van der Waals surface area contributed by atoms with Crippen molar-refractivity contribution in [1.82, 2.24) is 4.90 Å². The molecule has 1 unspecified atom stereocenters. The summed E-state index contributed by atoms with van der Waals surface area (Å²) < 4.78 is 0. The molecule has 0 radical (unpaired) electrons. The van der Waals surface area contributed by atoms with Gasteiger partial charge in [-0.2, -0.15) is 0 Å². The first-order chi connectivity index (χ1) is 8.74. The summed E-state index contributed by atoms with van der Waals surface area (Å²) in [6.45, 7) is 2.04. The first kappa shape index (κ1) is 11.7. The molecule has 0 amide bonds. The molecule has 0 spiro atoms. The maximum Gasteiger partial charge on any atom is 0.269 e. The molecule has 2 aliphatic heterocycles. The first-order valence-electron chi connectivity index (χ1n) is 6.74. The third-order valence-corrected chi connectivity index (χ3v) is 4.23. The summed E-state index contributed by atoms with van der Waals surface area (Å²) in [4.78, 5) is 13.0. The van der Waals surface area contributed by atoms with Crippen LogP contribution in [-0.4, -0.2) is 22.4 Å². The van der Waals surface area contributed by atoms with Crippen LogP contribution in [0.4, 0.5) is 5.69 Å². The molecule has 2 heterocycles. The van der Waals surface area contributed by atoms with Crippen molar-refractivity contribution in [2.75, 3.05) is 6.54 Å². The van der Waals surface area contributed by atoms with Gasteiger partial charge in [0, 0.05) is 24.7 Å². The number of benzene rings is 1. The summed E-state index contributed by atoms with van der Waals surface area (Å²) in [5, 5.41) is 10.8. The topological polar surface area (TPSA) is 46.4 Å². The first-order valence-corrected chi connectivity index (χ1v) is 6.74. The summed E-state index contributed by atoms with van der Waals surface area (Å²) >= 11 is 0. The lowest BCUT2D eigenvalue weighted by Gasteiger charge is -2.35. The van der Waals surface area contributed by atoms with Crippen LogP contribution in [0, 0.1) is 10.1 Å². The molecule has 0 N–H and O–H groups in total. The lowest BCUT2D eigenvalue weighted by Crippen LogP contribution is -2.39. The van der Waals surface area contributed by atoms with E-state index in [0.717, 1.165) is 25.1 Å². The van der Waals surface area contributed by atoms with Gasteiger partial charge in [-0.3, -0.25) is 15.0 Å². The lowest BCUT2D eigenvalue weighted by molar-refractivity contribution is -0.385. The molecule has 4 heteroatoms. The van der Waals surface area contributed by atoms with E-state index in [9.17, 15) is 10.1 Å². The second-order valence-corrected chi connectivity index (χ2v) is 5.39. The van der Waals surface area contributed by atoms with Gasteiger partial charge >= 0.3 is 0 Å². The number of fused-ring (bicyclic) bond motifs is 2. The molecule has 3 rings (SSSR count). The molecule has 0 bridgehead atoms. The average molecular weight is 246 g/mol. The normalized spacial score (nSPS) is 23.9. The molecule has 1 aromatic rings. The van der Waals surface area contributed by atoms with Gasteiger partial charge in [0.05, 0.1) is 4.92 Å². The fourth-order valence-electron chi connectivity index (χ4n) is 3.22. The third-order valence-electron chi connectivity index (χ3n) is 4.23. The number of nitrogens with zero attached hydrogens (tertiary/aromatic N) is 2. The van der Waals surface area contributed by atoms with Crippen LogP contribution in [0.3, 0.4) is 0 Å². The second-order valence-electron chi connectivity index (χ2n) is 5.39. The predicted molar refractivity (Wildman–Crippen MR) is 69.5 cm³/mol. The maximum absolute atomic E-state index is 10.8. The molecule has 18 heavy (non-hydrogen) atoms. The van der Waals surface area contributed by atoms with Crippen molar-refractivity contribution in [3.8, 4) is 0 Å². The van der Waals surface area contributed by atoms with Gasteiger partial charge in [-0.05, 0) is 36.9 Å². The summed E-state index contributed by atoms with van der Waals surface area (Å²) in [6, 6.07) is 6.01. The van der Waals surface area contributed by atoms with Crippen LogP contribution in [0.15, 0.2) is 18.2 Å². The molecule has 1 saturated heterocycles. The predicted octanol–water partition coefficient (Wildman–Crippen LogP) is 2.90. The number of nitro benzene ring substituents is 1. The number of hydrogen-bond acceptors (Lipinski definition) is 3. The minimum absolute atomic E-state index is 0.224. The molecule has 4 nitrogen and oxygen atoms in total. The Hall–Kier alpha value is -1.42. The van der Waals surface area contributed by atoms with E-state index < -0.39 is 0 Å². The van der Waals surface area contributed by atoms with E-state index in [1.54, 1.807) is 12.1 Å². The van der Waals surface area contributed by atoms with Crippen LogP contribution in [0.5, 0.6) is 0 Å². The van der Waals surface area contributed by atoms with E-state index in [1.165, 1.54) is 31.2 Å². The van der Waals surface area contributed by atoms with Gasteiger partial charge in [0.15, 0.2) is 0 Å². The third kappa shape index (κ3) is 2.12. The van der Waals surface area contributed by atoms with Gasteiger partial charge in [0.1, 0.15) is 0 Å². The average Bonchev–Trinajstić information content (AvgIpc) is 2.59. The molecule has 0 aliphatic carbocycles. The van der Waals surface area contributed by atoms with Crippen LogP contribution < -0.4 is 0 Å². The molecule has 1 aromatic carbocycles. The van der Waals surface area contributed by atoms with E-state index in [4.69, 9.17) is 0 Å². The molecule has 1 fully saturated rings. The Morgan fingerprint density at radius 2 is 2.11 bits per heavy atom. The van der Waals surface area contributed by atoms with Crippen LogP contribution in [0.1, 0.15) is 36.8 Å². The summed E-state index contributed by atoms with van der Waals surface area (Å²) in [5.74, 6) is 0. The van der Waals surface area contributed by atoms with Crippen molar-refractivity contribution < 1.29 is 4.92 Å². The fourth-order valence-corrected chi connectivity index (χ4v) is 3.22. The van der Waals surface area contributed by atoms with Gasteiger partial charge in [-0.1, -0.05) is 18.9 Å². The maximum atomic E-state index is 10.8. The van der Waals surface area contributed by atoms with Gasteiger partial charge in [-0.25, -0.2) is 0 Å². The molecule has 0 aromatic heterocycles. The highest BCUT2D eigenvalue weighted by Crippen LogP contribution is 2.30. The summed E-state index contributed by atoms with van der Waals surface area (Å²) in [5.41, 5.74) is 2.69. The molecule has 2 aliphatic rings. The van der Waals surface area contributed by atoms with Crippen molar-refractivity contribution in [3.63, 3.8) is 0 Å². The van der Waals surface area contributed by atoms with Crippen molar-refractivity contribution in [1.29, 1.82) is 0 Å². The number of rotatable bonds is 1. The smallest absolute Gasteiger partial charge is 0.269 e. The number of hydrogen-bond donors (Lipinski definition) is 0. The SMILES string of the molecule is O=[N+]([O-])c1ccc2c(c1)CN1CCCCCC1C2. The largest absolute Gasteiger partial charge is 0.296 e. The quantitative estimate of drug-likeness (QED) is 0.565. The van der Waals surface area contributed by atoms with Crippen molar-refractivity contribution in [2.45, 2.75) is 44.7 Å². The Morgan fingerprint density at radius 1 is 1.22 bits per heavy atom. The number of nitro groups is 1. The van der Waals surface area contributed by atoms with Crippen LogP contribution >= 0.6 is 0 Å². The Labute approximate surface area is 107 Å². The molecule has 1 atom stereocenters. The highest BCUT2D eigenvalue weighted by atomic mass is 16.6. The Morgan fingerprint density at radius 3 is 2.94 bits per heavy atom. The highest BCUT2D eigenvalue weighted by molar-refractivity contribution is 5.41. The minimum Gasteiger partial charge on any atom is -0.296 e. The highest BCUT2D eigenvalue weighted by Gasteiger charge is 2.27. The van der Waals surface area contributed by atoms with Crippen molar-refractivity contribution in [3.05, 3.63) is 39.4 Å². The van der Waals surface area contributed by atoms with Gasteiger partial charge in [0.2, 0.25) is 0 Å². The Kier molecular flexibility index (Phi) is 3.04. The zero-order chi connectivity index (χ0) is 12.5. The van der Waals surface area contributed by atoms with E-state index in [-0.39, 0.29) is 10.6 Å². The van der Waals surface area contributed by atoms with E-state index in [1.807, 2.05) is 6.07 Å². The van der Waals surface area contributed by atoms with E-state index >= 15 is 0 Å². The van der Waals surface area contributed by atoms with Gasteiger partial charge < -0.3 is 0 Å². The molecular formula is C14H18N2O2. The van der Waals surface area contributed by atoms with Gasteiger partial charge in [0.25, 0.3) is 5.69 Å². The van der Waals surface area contributed by atoms with Crippen molar-refractivity contribution in [2.24, 2.45) is 0 Å². The molecular weight excluding hydrogens is 228 g/mol. The van der Waals surface area contributed by atoms with Gasteiger partial charge in [-0.15, -0.1) is 0 Å². The minimum atomic E-state index is -0.297. The molecule has 0 saturated carbocycles. The van der Waals surface area contributed by atoms with Crippen LogP contribution in [0.2, 0.25) is 0 Å². The molecule has 96 valence electrons. The standard InChI is InChI=1S/C14H18N2O2/c17-16(18)14-6-5-11-8-13-4-2-1-3-7-15(13)10-12(11)9-14/h5-6,9,13H,1-4,7-8,10H2. The fraction of sp³-hybridized carbons (Fsp3) is 0.571. The zero-order valence-electron chi connectivity index (χ0n) is 10.5. The lowest BCUT2D eigenvalue weighted by atomic mass is 9.92. The Balaban J connectivity index is 1.89. The van der Waals surface area contributed by atoms with E-state index in [2.05, 4.69) is 4.90 Å². The summed E-state index contributed by atoms with van der Waals surface area (Å²) in [6.07, 6.45) is 6.25. The Bertz CT molecular complexity index is 473. The summed E-state index contributed by atoms with van der Waals surface area (Å²) in [7, 11) is 0. The number of non-ortho nitro benzene ring substituents is 1. The second kappa shape index (κ2) is 4.69. The van der Waals surface area contributed by atoms with Crippen LogP contribution in [0.25, 0.3) is 0 Å². The van der Waals surface area contributed by atoms with Crippen molar-refractivity contribution >= 4 is 5.69 Å².